The number of rotatable bonds is 3. The van der Waals surface area contributed by atoms with Gasteiger partial charge in [0, 0.05) is 44.1 Å². The number of fused-ring (bicyclic) bond motifs is 2. The number of hydrogen-bond acceptors (Lipinski definition) is 5. The number of hydrogen-bond donors (Lipinski definition) is 1. The number of carbonyl (C=O) groups is 1. The van der Waals surface area contributed by atoms with Crippen LogP contribution < -0.4 is 10.2 Å². The van der Waals surface area contributed by atoms with Gasteiger partial charge in [-0.3, -0.25) is 4.79 Å². The van der Waals surface area contributed by atoms with Crippen molar-refractivity contribution in [2.75, 3.05) is 31.1 Å². The molecule has 7 nitrogen and oxygen atoms in total. The molecule has 29 heavy (non-hydrogen) atoms. The van der Waals surface area contributed by atoms with Gasteiger partial charge >= 0.3 is 0 Å². The van der Waals surface area contributed by atoms with Crippen LogP contribution in [0.3, 0.4) is 0 Å². The number of nitrogens with zero attached hydrogens (tertiary/aromatic N) is 5. The fraction of sp³-hybridized carbons (Fsp3) is 0.409. The molecule has 4 heterocycles. The Hall–Kier alpha value is -2.93. The summed E-state index contributed by atoms with van der Waals surface area (Å²) < 4.78 is 1.84. The van der Waals surface area contributed by atoms with Crippen LogP contribution in [0.4, 0.5) is 5.69 Å². The van der Waals surface area contributed by atoms with Crippen LogP contribution in [0.25, 0.3) is 11.2 Å². The van der Waals surface area contributed by atoms with Gasteiger partial charge in [-0.05, 0) is 49.2 Å². The highest BCUT2D eigenvalue weighted by atomic mass is 16.2. The second-order valence-corrected chi connectivity index (χ2v) is 7.94. The molecule has 1 atom stereocenters. The summed E-state index contributed by atoms with van der Waals surface area (Å²) in [6.07, 6.45) is 4.53. The van der Waals surface area contributed by atoms with Crippen molar-refractivity contribution in [2.24, 2.45) is 0 Å². The average molecular weight is 390 g/mol. The van der Waals surface area contributed by atoms with E-state index in [4.69, 9.17) is 0 Å². The topological polar surface area (TPSA) is 66.3 Å². The summed E-state index contributed by atoms with van der Waals surface area (Å²) in [5.41, 5.74) is 5.77. The van der Waals surface area contributed by atoms with E-state index >= 15 is 0 Å². The first kappa shape index (κ1) is 18.1. The summed E-state index contributed by atoms with van der Waals surface area (Å²) in [7, 11) is 0. The lowest BCUT2D eigenvalue weighted by atomic mass is 9.98. The van der Waals surface area contributed by atoms with Gasteiger partial charge in [0.25, 0.3) is 0 Å². The van der Waals surface area contributed by atoms with Gasteiger partial charge < -0.3 is 19.7 Å². The fourth-order valence-corrected chi connectivity index (χ4v) is 4.59. The van der Waals surface area contributed by atoms with E-state index in [9.17, 15) is 4.79 Å². The number of amides is 1. The Balaban J connectivity index is 1.30. The predicted molar refractivity (Wildman–Crippen MR) is 113 cm³/mol. The summed E-state index contributed by atoms with van der Waals surface area (Å²) >= 11 is 0. The molecule has 1 fully saturated rings. The first-order valence-electron chi connectivity index (χ1n) is 10.3. The lowest BCUT2D eigenvalue weighted by Gasteiger charge is -2.42. The minimum Gasteiger partial charge on any atom is -0.367 e. The summed E-state index contributed by atoms with van der Waals surface area (Å²) in [6.45, 7) is 6.84. The van der Waals surface area contributed by atoms with Crippen LogP contribution in [0.1, 0.15) is 18.1 Å². The first-order chi connectivity index (χ1) is 14.2. The van der Waals surface area contributed by atoms with Crippen LogP contribution in [-0.4, -0.2) is 57.6 Å². The zero-order valence-electron chi connectivity index (χ0n) is 16.7. The molecule has 2 aliphatic rings. The Morgan fingerprint density at radius 3 is 3.03 bits per heavy atom. The third kappa shape index (κ3) is 3.35. The average Bonchev–Trinajstić information content (AvgIpc) is 3.16. The van der Waals surface area contributed by atoms with E-state index in [0.29, 0.717) is 0 Å². The number of anilines is 1. The van der Waals surface area contributed by atoms with Gasteiger partial charge in [0.15, 0.2) is 5.65 Å². The first-order valence-corrected chi connectivity index (χ1v) is 10.3. The molecule has 1 aromatic carbocycles. The van der Waals surface area contributed by atoms with Gasteiger partial charge in [-0.25, -0.2) is 9.97 Å². The van der Waals surface area contributed by atoms with Gasteiger partial charge in [0.1, 0.15) is 12.1 Å². The van der Waals surface area contributed by atoms with Gasteiger partial charge in [-0.2, -0.15) is 0 Å². The van der Waals surface area contributed by atoms with Crippen molar-refractivity contribution in [2.45, 2.75) is 32.5 Å². The fourth-order valence-electron chi connectivity index (χ4n) is 4.59. The summed E-state index contributed by atoms with van der Waals surface area (Å²) in [4.78, 5) is 26.2. The molecule has 0 bridgehead atoms. The standard InChI is InChI=1S/C22H26N6O/c1-16-13-26(20-6-2-4-17-7-9-23-12-18(17)20)10-11-28(16)21(29)14-27-15-25-19-5-3-8-24-22(19)27/h2-6,8,15-16,23H,7,9-14H2,1H3. The predicted octanol–water partition coefficient (Wildman–Crippen LogP) is 1.81. The molecule has 1 saturated heterocycles. The Kier molecular flexibility index (Phi) is 4.67. The summed E-state index contributed by atoms with van der Waals surface area (Å²) in [6, 6.07) is 10.6. The molecule has 1 unspecified atom stereocenters. The van der Waals surface area contributed by atoms with Crippen molar-refractivity contribution in [3.8, 4) is 0 Å². The van der Waals surface area contributed by atoms with E-state index in [1.54, 1.807) is 12.5 Å². The Morgan fingerprint density at radius 2 is 2.14 bits per heavy atom. The molecule has 2 aliphatic heterocycles. The van der Waals surface area contributed by atoms with E-state index in [-0.39, 0.29) is 18.5 Å². The van der Waals surface area contributed by atoms with Crippen molar-refractivity contribution < 1.29 is 4.79 Å². The molecule has 0 radical (unpaired) electrons. The van der Waals surface area contributed by atoms with Crippen LogP contribution in [-0.2, 0) is 24.3 Å². The number of carbonyl (C=O) groups excluding carboxylic acids is 1. The van der Waals surface area contributed by atoms with E-state index in [0.717, 1.165) is 50.3 Å². The number of aromatic nitrogens is 3. The molecule has 0 saturated carbocycles. The van der Waals surface area contributed by atoms with Gasteiger partial charge in [0.05, 0.1) is 6.33 Å². The minimum atomic E-state index is 0.124. The van der Waals surface area contributed by atoms with Crippen LogP contribution in [0, 0.1) is 0 Å². The number of benzene rings is 1. The molecule has 2 aromatic heterocycles. The highest BCUT2D eigenvalue weighted by molar-refractivity contribution is 5.79. The number of imidazole rings is 1. The van der Waals surface area contributed by atoms with Gasteiger partial charge in [-0.1, -0.05) is 12.1 Å². The largest absolute Gasteiger partial charge is 0.367 e. The van der Waals surface area contributed by atoms with Crippen molar-refractivity contribution >= 4 is 22.8 Å². The lowest BCUT2D eigenvalue weighted by molar-refractivity contribution is -0.134. The highest BCUT2D eigenvalue weighted by Crippen LogP contribution is 2.28. The second kappa shape index (κ2) is 7.48. The third-order valence-corrected chi connectivity index (χ3v) is 6.09. The third-order valence-electron chi connectivity index (χ3n) is 6.09. The summed E-state index contributed by atoms with van der Waals surface area (Å²) in [5.74, 6) is 0.124. The van der Waals surface area contributed by atoms with Gasteiger partial charge in [-0.15, -0.1) is 0 Å². The smallest absolute Gasteiger partial charge is 0.242 e. The van der Waals surface area contributed by atoms with Crippen molar-refractivity contribution in [3.05, 3.63) is 54.0 Å². The molecule has 1 N–H and O–H groups in total. The molecule has 5 rings (SSSR count). The Bertz CT molecular complexity index is 1040. The van der Waals surface area contributed by atoms with E-state index in [2.05, 4.69) is 45.3 Å². The van der Waals surface area contributed by atoms with Crippen LogP contribution in [0.15, 0.2) is 42.9 Å². The summed E-state index contributed by atoms with van der Waals surface area (Å²) in [5, 5.41) is 3.49. The molecule has 0 spiro atoms. The van der Waals surface area contributed by atoms with Crippen LogP contribution >= 0.6 is 0 Å². The lowest BCUT2D eigenvalue weighted by Crippen LogP contribution is -2.55. The molecule has 1 amide bonds. The van der Waals surface area contributed by atoms with Crippen LogP contribution in [0.2, 0.25) is 0 Å². The minimum absolute atomic E-state index is 0.124. The maximum absolute atomic E-state index is 13.0. The Labute approximate surface area is 170 Å². The zero-order chi connectivity index (χ0) is 19.8. The Morgan fingerprint density at radius 1 is 1.21 bits per heavy atom. The molecule has 0 aliphatic carbocycles. The molecular formula is C22H26N6O. The molecule has 150 valence electrons. The van der Waals surface area contributed by atoms with E-state index < -0.39 is 0 Å². The molecular weight excluding hydrogens is 364 g/mol. The van der Waals surface area contributed by atoms with Crippen molar-refractivity contribution in [3.63, 3.8) is 0 Å². The highest BCUT2D eigenvalue weighted by Gasteiger charge is 2.29. The maximum atomic E-state index is 13.0. The van der Waals surface area contributed by atoms with Crippen molar-refractivity contribution in [1.82, 2.24) is 24.8 Å². The molecule has 3 aromatic rings. The second-order valence-electron chi connectivity index (χ2n) is 7.94. The zero-order valence-corrected chi connectivity index (χ0v) is 16.7. The van der Waals surface area contributed by atoms with Gasteiger partial charge in [0.2, 0.25) is 5.91 Å². The quantitative estimate of drug-likeness (QED) is 0.739. The number of piperazine rings is 1. The van der Waals surface area contributed by atoms with E-state index in [1.165, 1.54) is 16.8 Å². The number of nitrogens with one attached hydrogen (secondary N) is 1. The SMILES string of the molecule is CC1CN(c2cccc3c2CNCC3)CCN1C(=O)Cn1cnc2cccnc21. The monoisotopic (exact) mass is 390 g/mol. The number of pyridine rings is 1. The maximum Gasteiger partial charge on any atom is 0.242 e. The van der Waals surface area contributed by atoms with Crippen molar-refractivity contribution in [1.29, 1.82) is 0 Å². The van der Waals surface area contributed by atoms with Crippen LogP contribution in [0.5, 0.6) is 0 Å². The normalized spacial score (nSPS) is 19.4. The molecule has 7 heteroatoms. The van der Waals surface area contributed by atoms with E-state index in [1.807, 2.05) is 21.6 Å².